The molecule has 6 heteroatoms. The van der Waals surface area contributed by atoms with Gasteiger partial charge in [-0.05, 0) is 36.8 Å². The molecule has 3 N–H and O–H groups in total. The number of H-pyrrole nitrogens is 2. The quantitative estimate of drug-likeness (QED) is 0.683. The highest BCUT2D eigenvalue weighted by Gasteiger charge is 2.08. The molecule has 0 bridgehead atoms. The maximum Gasteiger partial charge on any atom is 0.323 e. The predicted molar refractivity (Wildman–Crippen MR) is 77.6 cm³/mol. The molecule has 3 rings (SSSR count). The number of rotatable bonds is 4. The molecule has 0 aliphatic carbocycles. The van der Waals surface area contributed by atoms with Gasteiger partial charge in [-0.25, -0.2) is 4.79 Å². The number of hydrogen-bond donors (Lipinski definition) is 3. The summed E-state index contributed by atoms with van der Waals surface area (Å²) in [6.45, 7) is 2.56. The standard InChI is InChI=1S/C15H14N4O2/c1-9(17-8-12-4-3-11(7-16)21-12)10-2-5-13-14(6-10)19-15(20)18-13/h2-6,9,17H,8H2,1H3,(H2,18,19,20). The fraction of sp³-hybridized carbons (Fsp3) is 0.200. The summed E-state index contributed by atoms with van der Waals surface area (Å²) in [6.07, 6.45) is 0. The smallest absolute Gasteiger partial charge is 0.323 e. The summed E-state index contributed by atoms with van der Waals surface area (Å²) in [4.78, 5) is 16.7. The van der Waals surface area contributed by atoms with Gasteiger partial charge in [0.1, 0.15) is 11.8 Å². The molecule has 0 fully saturated rings. The number of furan rings is 1. The van der Waals surface area contributed by atoms with Gasteiger partial charge in [-0.1, -0.05) is 6.07 Å². The molecule has 1 atom stereocenters. The molecule has 0 aliphatic heterocycles. The number of fused-ring (bicyclic) bond motifs is 1. The SMILES string of the molecule is CC(NCc1ccc(C#N)o1)c1ccc2[nH]c(=O)[nH]c2c1. The molecule has 0 saturated carbocycles. The molecule has 6 nitrogen and oxygen atoms in total. The summed E-state index contributed by atoms with van der Waals surface area (Å²) in [5, 5.41) is 12.0. The summed E-state index contributed by atoms with van der Waals surface area (Å²) in [5.41, 5.74) is 2.43. The Bertz CT molecular complexity index is 866. The molecule has 2 aromatic heterocycles. The fourth-order valence-corrected chi connectivity index (χ4v) is 2.22. The maximum atomic E-state index is 11.2. The van der Waals surface area contributed by atoms with Crippen molar-refractivity contribution in [1.29, 1.82) is 5.26 Å². The van der Waals surface area contributed by atoms with E-state index < -0.39 is 0 Å². The summed E-state index contributed by atoms with van der Waals surface area (Å²) in [5.74, 6) is 1.03. The minimum atomic E-state index is -0.206. The second-order valence-corrected chi connectivity index (χ2v) is 4.86. The summed E-state index contributed by atoms with van der Waals surface area (Å²) < 4.78 is 5.32. The summed E-state index contributed by atoms with van der Waals surface area (Å²) in [6, 6.07) is 11.3. The van der Waals surface area contributed by atoms with Crippen LogP contribution in [0.2, 0.25) is 0 Å². The van der Waals surface area contributed by atoms with Crippen LogP contribution in [0, 0.1) is 11.3 Å². The van der Waals surface area contributed by atoms with Crippen molar-refractivity contribution in [3.05, 3.63) is 57.9 Å². The molecule has 0 radical (unpaired) electrons. The third-order valence-electron chi connectivity index (χ3n) is 3.39. The van der Waals surface area contributed by atoms with E-state index in [2.05, 4.69) is 15.3 Å². The van der Waals surface area contributed by atoms with E-state index in [1.807, 2.05) is 31.2 Å². The van der Waals surface area contributed by atoms with Gasteiger partial charge < -0.3 is 19.7 Å². The second-order valence-electron chi connectivity index (χ2n) is 4.86. The van der Waals surface area contributed by atoms with E-state index in [1.54, 1.807) is 12.1 Å². The van der Waals surface area contributed by atoms with Crippen LogP contribution in [-0.4, -0.2) is 9.97 Å². The molecule has 0 amide bonds. The second kappa shape index (κ2) is 5.31. The average Bonchev–Trinajstić information content (AvgIpc) is 3.08. The molecule has 106 valence electrons. The Morgan fingerprint density at radius 2 is 2.10 bits per heavy atom. The van der Waals surface area contributed by atoms with E-state index in [0.29, 0.717) is 12.3 Å². The summed E-state index contributed by atoms with van der Waals surface area (Å²) in [7, 11) is 0. The molecule has 0 aliphatic rings. The number of hydrogen-bond acceptors (Lipinski definition) is 4. The third kappa shape index (κ3) is 2.73. The van der Waals surface area contributed by atoms with Gasteiger partial charge in [-0.3, -0.25) is 0 Å². The van der Waals surface area contributed by atoms with Crippen molar-refractivity contribution in [1.82, 2.24) is 15.3 Å². The van der Waals surface area contributed by atoms with Crippen LogP contribution in [0.4, 0.5) is 0 Å². The van der Waals surface area contributed by atoms with Crippen LogP contribution >= 0.6 is 0 Å². The highest BCUT2D eigenvalue weighted by molar-refractivity contribution is 5.75. The van der Waals surface area contributed by atoms with Crippen molar-refractivity contribution >= 4 is 11.0 Å². The lowest BCUT2D eigenvalue weighted by Crippen LogP contribution is -2.17. The van der Waals surface area contributed by atoms with E-state index in [4.69, 9.17) is 9.68 Å². The van der Waals surface area contributed by atoms with E-state index in [9.17, 15) is 4.79 Å². The zero-order valence-electron chi connectivity index (χ0n) is 11.4. The Morgan fingerprint density at radius 1 is 1.29 bits per heavy atom. The van der Waals surface area contributed by atoms with E-state index in [1.165, 1.54) is 0 Å². The highest BCUT2D eigenvalue weighted by Crippen LogP contribution is 2.17. The van der Waals surface area contributed by atoms with Crippen molar-refractivity contribution in [3.63, 3.8) is 0 Å². The molecule has 0 spiro atoms. The first-order valence-corrected chi connectivity index (χ1v) is 6.60. The third-order valence-corrected chi connectivity index (χ3v) is 3.39. The van der Waals surface area contributed by atoms with E-state index >= 15 is 0 Å². The van der Waals surface area contributed by atoms with E-state index in [-0.39, 0.29) is 11.7 Å². The predicted octanol–water partition coefficient (Wildman–Crippen LogP) is 2.17. The van der Waals surface area contributed by atoms with Gasteiger partial charge >= 0.3 is 5.69 Å². The molecule has 0 saturated heterocycles. The molecule has 2 heterocycles. The van der Waals surface area contributed by atoms with Gasteiger partial charge in [0, 0.05) is 6.04 Å². The van der Waals surface area contributed by atoms with Crippen molar-refractivity contribution in [2.75, 3.05) is 0 Å². The van der Waals surface area contributed by atoms with Crippen molar-refractivity contribution in [2.24, 2.45) is 0 Å². The monoisotopic (exact) mass is 282 g/mol. The van der Waals surface area contributed by atoms with Crippen LogP contribution in [0.3, 0.4) is 0 Å². The van der Waals surface area contributed by atoms with Crippen LogP contribution in [-0.2, 0) is 6.54 Å². The average molecular weight is 282 g/mol. The molecule has 3 aromatic rings. The number of aromatic amines is 2. The van der Waals surface area contributed by atoms with Crippen LogP contribution in [0.25, 0.3) is 11.0 Å². The number of nitrogens with zero attached hydrogens (tertiary/aromatic N) is 1. The van der Waals surface area contributed by atoms with Crippen LogP contribution in [0.15, 0.2) is 39.5 Å². The maximum absolute atomic E-state index is 11.2. The Morgan fingerprint density at radius 3 is 2.86 bits per heavy atom. The summed E-state index contributed by atoms with van der Waals surface area (Å²) >= 11 is 0. The van der Waals surface area contributed by atoms with Gasteiger partial charge in [-0.2, -0.15) is 5.26 Å². The molecule has 1 unspecified atom stereocenters. The minimum absolute atomic E-state index is 0.0865. The Kier molecular flexibility index (Phi) is 3.34. The van der Waals surface area contributed by atoms with Crippen molar-refractivity contribution in [3.8, 4) is 6.07 Å². The van der Waals surface area contributed by atoms with Crippen molar-refractivity contribution < 1.29 is 4.42 Å². The molecular formula is C15H14N4O2. The minimum Gasteiger partial charge on any atom is -0.449 e. The first kappa shape index (κ1) is 13.2. The first-order valence-electron chi connectivity index (χ1n) is 6.60. The Labute approximate surface area is 120 Å². The lowest BCUT2D eigenvalue weighted by Gasteiger charge is -2.13. The lowest BCUT2D eigenvalue weighted by atomic mass is 10.1. The van der Waals surface area contributed by atoms with Gasteiger partial charge in [0.25, 0.3) is 0 Å². The molecular weight excluding hydrogens is 268 g/mol. The Hall–Kier alpha value is -2.78. The molecule has 1 aromatic carbocycles. The fourth-order valence-electron chi connectivity index (χ4n) is 2.22. The van der Waals surface area contributed by atoms with Crippen LogP contribution in [0.1, 0.15) is 30.0 Å². The zero-order valence-corrected chi connectivity index (χ0v) is 11.4. The number of benzene rings is 1. The van der Waals surface area contributed by atoms with Crippen LogP contribution < -0.4 is 11.0 Å². The van der Waals surface area contributed by atoms with Crippen molar-refractivity contribution in [2.45, 2.75) is 19.5 Å². The van der Waals surface area contributed by atoms with Gasteiger partial charge in [0.2, 0.25) is 5.76 Å². The number of nitrogens with one attached hydrogen (secondary N) is 3. The number of imidazole rings is 1. The van der Waals surface area contributed by atoms with E-state index in [0.717, 1.165) is 22.4 Å². The van der Waals surface area contributed by atoms with Gasteiger partial charge in [0.05, 0.1) is 17.6 Å². The first-order chi connectivity index (χ1) is 10.2. The zero-order chi connectivity index (χ0) is 14.8. The normalized spacial score (nSPS) is 12.4. The highest BCUT2D eigenvalue weighted by atomic mass is 16.3. The largest absolute Gasteiger partial charge is 0.449 e. The molecule has 21 heavy (non-hydrogen) atoms. The van der Waals surface area contributed by atoms with Gasteiger partial charge in [-0.15, -0.1) is 0 Å². The topological polar surface area (TPSA) is 97.6 Å². The number of aromatic nitrogens is 2. The number of nitriles is 1. The lowest BCUT2D eigenvalue weighted by molar-refractivity contribution is 0.454. The van der Waals surface area contributed by atoms with Crippen LogP contribution in [0.5, 0.6) is 0 Å². The van der Waals surface area contributed by atoms with Gasteiger partial charge in [0.15, 0.2) is 0 Å². The Balaban J connectivity index is 1.72.